The van der Waals surface area contributed by atoms with Crippen LogP contribution in [0.15, 0.2) is 48.3 Å². The smallest absolute Gasteiger partial charge is 0.195 e. The molecule has 0 spiro atoms. The van der Waals surface area contributed by atoms with Crippen molar-refractivity contribution in [3.8, 4) is 6.07 Å². The molecule has 0 radical (unpaired) electrons. The van der Waals surface area contributed by atoms with Gasteiger partial charge in [-0.05, 0) is 85.8 Å². The van der Waals surface area contributed by atoms with Crippen LogP contribution in [0.25, 0.3) is 0 Å². The fourth-order valence-electron chi connectivity index (χ4n) is 6.32. The largest absolute Gasteiger partial charge is 0.199 e. The zero-order valence-corrected chi connectivity index (χ0v) is 21.5. The summed E-state index contributed by atoms with van der Waals surface area (Å²) in [5.41, 5.74) is 3.07. The predicted octanol–water partition coefficient (Wildman–Crippen LogP) is 9.99. The molecule has 0 unspecified atom stereocenters. The first kappa shape index (κ1) is 26.7. The molecular formula is C32H46FN. The van der Waals surface area contributed by atoms with Crippen LogP contribution < -0.4 is 0 Å². The Labute approximate surface area is 208 Å². The summed E-state index contributed by atoms with van der Waals surface area (Å²) in [6, 6.07) is 11.0. The Bertz CT molecular complexity index is 783. The van der Waals surface area contributed by atoms with E-state index in [1.54, 1.807) is 11.6 Å². The van der Waals surface area contributed by atoms with Gasteiger partial charge in [0.25, 0.3) is 0 Å². The first-order chi connectivity index (χ1) is 16.7. The Hall–Kier alpha value is -1.88. The number of hydrogen-bond donors (Lipinski definition) is 0. The number of benzene rings is 1. The Morgan fingerprint density at radius 2 is 1.44 bits per heavy atom. The van der Waals surface area contributed by atoms with Gasteiger partial charge in [0.1, 0.15) is 6.07 Å². The molecule has 186 valence electrons. The third-order valence-electron chi connectivity index (χ3n) is 8.50. The number of allylic oxidation sites excluding steroid dienone is 4. The van der Waals surface area contributed by atoms with Crippen molar-refractivity contribution in [2.75, 3.05) is 0 Å². The summed E-state index contributed by atoms with van der Waals surface area (Å²) in [4.78, 5) is 0. The van der Waals surface area contributed by atoms with Gasteiger partial charge < -0.3 is 0 Å². The van der Waals surface area contributed by atoms with E-state index in [9.17, 15) is 4.39 Å². The van der Waals surface area contributed by atoms with Gasteiger partial charge >= 0.3 is 0 Å². The van der Waals surface area contributed by atoms with Crippen LogP contribution >= 0.6 is 0 Å². The third kappa shape index (κ3) is 9.40. The summed E-state index contributed by atoms with van der Waals surface area (Å²) in [6.07, 6.45) is 26.5. The van der Waals surface area contributed by atoms with Gasteiger partial charge in [0, 0.05) is 0 Å². The summed E-state index contributed by atoms with van der Waals surface area (Å²) >= 11 is 0. The van der Waals surface area contributed by atoms with Crippen molar-refractivity contribution in [1.29, 1.82) is 5.26 Å². The van der Waals surface area contributed by atoms with Crippen LogP contribution in [0.5, 0.6) is 0 Å². The van der Waals surface area contributed by atoms with Crippen LogP contribution in [-0.4, -0.2) is 0 Å². The topological polar surface area (TPSA) is 23.8 Å². The first-order valence-corrected chi connectivity index (χ1v) is 14.2. The van der Waals surface area contributed by atoms with E-state index in [0.717, 1.165) is 30.1 Å². The van der Waals surface area contributed by atoms with E-state index in [0.29, 0.717) is 0 Å². The Morgan fingerprint density at radius 1 is 0.882 bits per heavy atom. The van der Waals surface area contributed by atoms with Crippen molar-refractivity contribution in [1.82, 2.24) is 0 Å². The van der Waals surface area contributed by atoms with E-state index in [1.165, 1.54) is 114 Å². The molecule has 0 saturated heterocycles. The molecule has 2 saturated carbocycles. The van der Waals surface area contributed by atoms with E-state index >= 15 is 0 Å². The van der Waals surface area contributed by atoms with Gasteiger partial charge in [0.2, 0.25) is 0 Å². The van der Waals surface area contributed by atoms with Crippen LogP contribution in [-0.2, 0) is 6.42 Å². The molecule has 1 aromatic rings. The van der Waals surface area contributed by atoms with Crippen molar-refractivity contribution in [3.63, 3.8) is 0 Å². The molecule has 0 heterocycles. The molecule has 1 aromatic carbocycles. The first-order valence-electron chi connectivity index (χ1n) is 14.2. The SMILES string of the molecule is CCCc1ccc([C@H]2CC[C@H](CCCC[C@H]3CC[C@H](CC/C=C/C=C(\F)C#N)CC3)CC2)cc1. The minimum Gasteiger partial charge on any atom is -0.195 e. The normalized spacial score (nSPS) is 26.0. The third-order valence-corrected chi connectivity index (χ3v) is 8.50. The van der Waals surface area contributed by atoms with Gasteiger partial charge in [-0.2, -0.15) is 9.65 Å². The minimum absolute atomic E-state index is 0.711. The zero-order chi connectivity index (χ0) is 24.0. The molecule has 0 atom stereocenters. The molecule has 2 fully saturated rings. The van der Waals surface area contributed by atoms with Gasteiger partial charge in [-0.25, -0.2) is 0 Å². The van der Waals surface area contributed by atoms with Crippen LogP contribution in [0.3, 0.4) is 0 Å². The highest BCUT2D eigenvalue weighted by Crippen LogP contribution is 2.39. The average Bonchev–Trinajstić information content (AvgIpc) is 2.88. The summed E-state index contributed by atoms with van der Waals surface area (Å²) in [6.45, 7) is 2.26. The lowest BCUT2D eigenvalue weighted by molar-refractivity contribution is 0.244. The Balaban J connectivity index is 1.22. The lowest BCUT2D eigenvalue weighted by Gasteiger charge is -2.30. The maximum absolute atomic E-state index is 12.7. The fraction of sp³-hybridized carbons (Fsp3) is 0.656. The van der Waals surface area contributed by atoms with Gasteiger partial charge in [0.15, 0.2) is 5.83 Å². The Kier molecular flexibility index (Phi) is 11.9. The standard InChI is InChI=1S/C32H46FN/c1-2-8-26-17-21-30(22-18-26)31-23-19-29(20-24-31)11-7-6-10-28-15-13-27(14-16-28)9-4-3-5-12-32(33)25-34/h3,5,12,17-18,21-22,27-29,31H,2,4,6-11,13-16,19-20,23-24H2,1H3/b5-3+,32-12-/t27-,28-,29-,31-. The molecule has 1 nitrogen and oxygen atoms in total. The summed E-state index contributed by atoms with van der Waals surface area (Å²) in [7, 11) is 0. The summed E-state index contributed by atoms with van der Waals surface area (Å²) in [5.74, 6) is 2.84. The minimum atomic E-state index is -0.711. The molecular weight excluding hydrogens is 417 g/mol. The highest BCUT2D eigenvalue weighted by Gasteiger charge is 2.23. The lowest BCUT2D eigenvalue weighted by Crippen LogP contribution is -2.15. The molecule has 0 amide bonds. The van der Waals surface area contributed by atoms with E-state index in [4.69, 9.17) is 5.26 Å². The molecule has 0 bridgehead atoms. The highest BCUT2D eigenvalue weighted by molar-refractivity contribution is 5.26. The second-order valence-corrected chi connectivity index (χ2v) is 11.0. The van der Waals surface area contributed by atoms with Crippen molar-refractivity contribution >= 4 is 0 Å². The van der Waals surface area contributed by atoms with E-state index in [1.807, 2.05) is 6.08 Å². The molecule has 0 aliphatic heterocycles. The molecule has 3 rings (SSSR count). The van der Waals surface area contributed by atoms with Crippen molar-refractivity contribution in [2.24, 2.45) is 17.8 Å². The maximum Gasteiger partial charge on any atom is 0.199 e. The second-order valence-electron chi connectivity index (χ2n) is 11.0. The number of rotatable bonds is 12. The lowest BCUT2D eigenvalue weighted by atomic mass is 9.76. The summed E-state index contributed by atoms with van der Waals surface area (Å²) < 4.78 is 12.7. The van der Waals surface area contributed by atoms with E-state index in [2.05, 4.69) is 31.2 Å². The van der Waals surface area contributed by atoms with Crippen molar-refractivity contribution in [2.45, 2.75) is 116 Å². The van der Waals surface area contributed by atoms with Crippen LogP contribution in [0.1, 0.15) is 120 Å². The van der Waals surface area contributed by atoms with Gasteiger partial charge in [-0.1, -0.05) is 101 Å². The molecule has 0 aromatic heterocycles. The Morgan fingerprint density at radius 3 is 2.00 bits per heavy atom. The predicted molar refractivity (Wildman–Crippen MR) is 142 cm³/mol. The number of nitrogens with zero attached hydrogens (tertiary/aromatic N) is 1. The molecule has 34 heavy (non-hydrogen) atoms. The highest BCUT2D eigenvalue weighted by atomic mass is 19.1. The quantitative estimate of drug-likeness (QED) is 0.172. The van der Waals surface area contributed by atoms with Crippen molar-refractivity contribution in [3.05, 3.63) is 59.4 Å². The average molecular weight is 464 g/mol. The maximum atomic E-state index is 12.7. The van der Waals surface area contributed by atoms with Gasteiger partial charge in [-0.15, -0.1) is 0 Å². The summed E-state index contributed by atoms with van der Waals surface area (Å²) in [5, 5.41) is 8.41. The number of unbranched alkanes of at least 4 members (excludes halogenated alkanes) is 1. The van der Waals surface area contributed by atoms with Crippen LogP contribution in [0.4, 0.5) is 4.39 Å². The van der Waals surface area contributed by atoms with Gasteiger partial charge in [0.05, 0.1) is 0 Å². The number of aryl methyl sites for hydroxylation is 1. The number of halogens is 1. The van der Waals surface area contributed by atoms with Crippen LogP contribution in [0.2, 0.25) is 0 Å². The molecule has 2 heteroatoms. The molecule has 2 aliphatic carbocycles. The van der Waals surface area contributed by atoms with E-state index < -0.39 is 5.83 Å². The molecule has 0 N–H and O–H groups in total. The monoisotopic (exact) mass is 463 g/mol. The second kappa shape index (κ2) is 15.2. The molecule has 2 aliphatic rings. The number of hydrogen-bond acceptors (Lipinski definition) is 1. The van der Waals surface area contributed by atoms with Gasteiger partial charge in [-0.3, -0.25) is 0 Å². The number of nitriles is 1. The van der Waals surface area contributed by atoms with Crippen molar-refractivity contribution < 1.29 is 4.39 Å². The van der Waals surface area contributed by atoms with E-state index in [-0.39, 0.29) is 0 Å². The zero-order valence-electron chi connectivity index (χ0n) is 21.5. The van der Waals surface area contributed by atoms with Crippen LogP contribution in [0, 0.1) is 29.1 Å². The fourth-order valence-corrected chi connectivity index (χ4v) is 6.32.